The van der Waals surface area contributed by atoms with Gasteiger partial charge < -0.3 is 5.32 Å². The molecule has 4 aromatic carbocycles. The summed E-state index contributed by atoms with van der Waals surface area (Å²) in [4.78, 5) is 17.2. The third kappa shape index (κ3) is 12.3. The van der Waals surface area contributed by atoms with Crippen LogP contribution in [0, 0.1) is 0 Å². The van der Waals surface area contributed by atoms with Crippen molar-refractivity contribution in [2.45, 2.75) is 79.1 Å². The van der Waals surface area contributed by atoms with Gasteiger partial charge in [0, 0.05) is 38.2 Å². The van der Waals surface area contributed by atoms with Crippen LogP contribution in [0.2, 0.25) is 0 Å². The lowest BCUT2D eigenvalue weighted by Crippen LogP contribution is -2.15. The minimum atomic E-state index is -1.67. The van der Waals surface area contributed by atoms with E-state index >= 15 is 0 Å². The second kappa shape index (κ2) is 19.6. The van der Waals surface area contributed by atoms with Gasteiger partial charge in [0.2, 0.25) is 9.23 Å². The topological polar surface area (TPSA) is 58.5 Å². The molecule has 46 heavy (non-hydrogen) atoms. The van der Waals surface area contributed by atoms with Crippen molar-refractivity contribution >= 4 is 64.6 Å². The third-order valence-electron chi connectivity index (χ3n) is 7.21. The smallest absolute Gasteiger partial charge is 0.255 e. The van der Waals surface area contributed by atoms with E-state index in [1.807, 2.05) is 60.7 Å². The predicted molar refractivity (Wildman–Crippen MR) is 202 cm³/mol. The van der Waals surface area contributed by atoms with Gasteiger partial charge in [0.05, 0.1) is 5.69 Å². The van der Waals surface area contributed by atoms with Gasteiger partial charge in [0.1, 0.15) is 5.17 Å². The summed E-state index contributed by atoms with van der Waals surface area (Å²) in [6.45, 7) is 17.4. The van der Waals surface area contributed by atoms with E-state index in [0.717, 1.165) is 16.9 Å². The van der Waals surface area contributed by atoms with Crippen LogP contribution in [0.3, 0.4) is 0 Å². The lowest BCUT2D eigenvalue weighted by Gasteiger charge is -2.20. The van der Waals surface area contributed by atoms with Gasteiger partial charge in [-0.1, -0.05) is 152 Å². The SMILES string of the molecule is CC(C)c1cccc(C(C)C)c1N=C(Cl)c1ccccc1.CC(C)c1cccc(C(C)C)c1NC(=O)c1ccccc1.O=S(Cl)Cl. The van der Waals surface area contributed by atoms with Crippen LogP contribution >= 0.6 is 33.0 Å². The number of nitrogens with one attached hydrogen (secondary N) is 1. The molecule has 1 N–H and O–H groups in total. The van der Waals surface area contributed by atoms with Crippen LogP contribution in [0.25, 0.3) is 0 Å². The number of amides is 1. The average molecular weight is 700 g/mol. The first-order valence-corrected chi connectivity index (χ1v) is 18.6. The van der Waals surface area contributed by atoms with Gasteiger partial charge in [-0.2, -0.15) is 0 Å². The normalized spacial score (nSPS) is 11.3. The molecule has 4 nitrogen and oxygen atoms in total. The van der Waals surface area contributed by atoms with E-state index < -0.39 is 9.23 Å². The fourth-order valence-electron chi connectivity index (χ4n) is 4.85. The lowest BCUT2D eigenvalue weighted by atomic mass is 9.92. The number of hydrogen-bond donors (Lipinski definition) is 1. The molecule has 0 atom stereocenters. The highest BCUT2D eigenvalue weighted by molar-refractivity contribution is 8.26. The number of carbonyl (C=O) groups excluding carboxylic acids is 1. The average Bonchev–Trinajstić information content (AvgIpc) is 3.01. The van der Waals surface area contributed by atoms with Crippen LogP contribution in [-0.4, -0.2) is 15.3 Å². The van der Waals surface area contributed by atoms with Crippen molar-refractivity contribution in [1.82, 2.24) is 0 Å². The minimum Gasteiger partial charge on any atom is -0.321 e. The maximum absolute atomic E-state index is 12.5. The molecular weight excluding hydrogens is 655 g/mol. The molecular formula is C38H45Cl3N2O2S. The van der Waals surface area contributed by atoms with E-state index in [4.69, 9.17) is 20.8 Å². The van der Waals surface area contributed by atoms with E-state index in [9.17, 15) is 4.79 Å². The van der Waals surface area contributed by atoms with Crippen molar-refractivity contribution in [3.05, 3.63) is 130 Å². The van der Waals surface area contributed by atoms with Crippen LogP contribution in [0.5, 0.6) is 0 Å². The fourth-order valence-corrected chi connectivity index (χ4v) is 5.06. The van der Waals surface area contributed by atoms with Gasteiger partial charge in [-0.25, -0.2) is 9.20 Å². The molecule has 0 unspecified atom stereocenters. The minimum absolute atomic E-state index is 0.0504. The first kappa shape index (κ1) is 39.2. The summed E-state index contributed by atoms with van der Waals surface area (Å²) in [6.07, 6.45) is 0. The summed E-state index contributed by atoms with van der Waals surface area (Å²) < 4.78 is 9.09. The quantitative estimate of drug-likeness (QED) is 0.147. The summed E-state index contributed by atoms with van der Waals surface area (Å²) in [5.74, 6) is 1.53. The predicted octanol–water partition coefficient (Wildman–Crippen LogP) is 12.5. The van der Waals surface area contributed by atoms with Crippen molar-refractivity contribution in [3.63, 3.8) is 0 Å². The van der Waals surface area contributed by atoms with Crippen molar-refractivity contribution in [2.24, 2.45) is 4.99 Å². The molecule has 0 aliphatic rings. The Morgan fingerprint density at radius 1 is 0.587 bits per heavy atom. The molecule has 0 heterocycles. The van der Waals surface area contributed by atoms with E-state index in [1.165, 1.54) is 22.3 Å². The summed E-state index contributed by atoms with van der Waals surface area (Å²) in [7, 11) is 7.36. The number of aliphatic imine (C=N–C) groups is 1. The maximum Gasteiger partial charge on any atom is 0.255 e. The molecule has 0 aromatic heterocycles. The molecule has 0 fully saturated rings. The summed E-state index contributed by atoms with van der Waals surface area (Å²) in [6, 6.07) is 31.9. The molecule has 0 bridgehead atoms. The number of hydrogen-bond acceptors (Lipinski definition) is 3. The number of rotatable bonds is 8. The standard InChI is InChI=1S/C19H22ClN.C19H23NO.Cl2OS/c1-13(2)16-11-8-12-17(14(3)4)18(16)21-19(20)15-9-6-5-7-10-15;1-13(2)16-11-8-12-17(14(3)4)18(16)20-19(21)15-9-6-5-7-10-15;1-4(2)3/h5-14H,1-4H3;5-14H,1-4H3,(H,20,21);. The van der Waals surface area contributed by atoms with E-state index in [-0.39, 0.29) is 5.91 Å². The largest absolute Gasteiger partial charge is 0.321 e. The first-order valence-electron chi connectivity index (χ1n) is 15.4. The Hall–Kier alpha value is -2.96. The Balaban J connectivity index is 0.000000287. The second-order valence-electron chi connectivity index (χ2n) is 12.0. The Bertz CT molecular complexity index is 1530. The van der Waals surface area contributed by atoms with E-state index in [1.54, 1.807) is 0 Å². The summed E-state index contributed by atoms with van der Waals surface area (Å²) in [5.41, 5.74) is 8.49. The molecule has 246 valence electrons. The van der Waals surface area contributed by atoms with Crippen LogP contribution in [-0.2, 0) is 9.23 Å². The van der Waals surface area contributed by atoms with E-state index in [0.29, 0.717) is 34.4 Å². The molecule has 0 saturated heterocycles. The molecule has 0 aliphatic heterocycles. The second-order valence-corrected chi connectivity index (χ2v) is 14.9. The fraction of sp³-hybridized carbons (Fsp3) is 0.316. The number of benzene rings is 4. The van der Waals surface area contributed by atoms with E-state index in [2.05, 4.69) is 118 Å². The maximum atomic E-state index is 12.5. The molecule has 4 rings (SSSR count). The van der Waals surface area contributed by atoms with Crippen molar-refractivity contribution in [3.8, 4) is 0 Å². The molecule has 0 aliphatic carbocycles. The van der Waals surface area contributed by atoms with Gasteiger partial charge in [-0.15, -0.1) is 0 Å². The number of carbonyl (C=O) groups is 1. The first-order chi connectivity index (χ1) is 21.7. The van der Waals surface area contributed by atoms with Crippen molar-refractivity contribution < 1.29 is 9.00 Å². The highest BCUT2D eigenvalue weighted by Crippen LogP contribution is 2.36. The Kier molecular flexibility index (Phi) is 16.7. The molecule has 0 spiro atoms. The summed E-state index contributed by atoms with van der Waals surface area (Å²) >= 11 is 6.44. The zero-order chi connectivity index (χ0) is 34.4. The molecule has 0 saturated carbocycles. The summed E-state index contributed by atoms with van der Waals surface area (Å²) in [5, 5.41) is 3.67. The zero-order valence-electron chi connectivity index (χ0n) is 27.9. The number of halogens is 3. The van der Waals surface area contributed by atoms with Gasteiger partial charge in [-0.05, 0) is 58.1 Å². The molecule has 0 radical (unpaired) electrons. The van der Waals surface area contributed by atoms with Crippen LogP contribution in [0.4, 0.5) is 11.4 Å². The number of anilines is 1. The van der Waals surface area contributed by atoms with Gasteiger partial charge in [-0.3, -0.25) is 4.79 Å². The molecule has 4 aromatic rings. The van der Waals surface area contributed by atoms with Crippen LogP contribution in [0.15, 0.2) is 102 Å². The third-order valence-corrected chi connectivity index (χ3v) is 7.51. The molecule has 8 heteroatoms. The van der Waals surface area contributed by atoms with Crippen LogP contribution in [0.1, 0.15) is 117 Å². The Morgan fingerprint density at radius 3 is 1.30 bits per heavy atom. The zero-order valence-corrected chi connectivity index (χ0v) is 30.9. The van der Waals surface area contributed by atoms with Crippen molar-refractivity contribution in [1.29, 1.82) is 0 Å². The highest BCUT2D eigenvalue weighted by Gasteiger charge is 2.17. The number of nitrogens with zero attached hydrogens (tertiary/aromatic N) is 1. The van der Waals surface area contributed by atoms with Crippen LogP contribution < -0.4 is 5.32 Å². The highest BCUT2D eigenvalue weighted by atomic mass is 36.0. The Morgan fingerprint density at radius 2 is 0.935 bits per heavy atom. The van der Waals surface area contributed by atoms with Crippen molar-refractivity contribution in [2.75, 3.05) is 5.32 Å². The van der Waals surface area contributed by atoms with Gasteiger partial charge in [0.25, 0.3) is 5.91 Å². The number of para-hydroxylation sites is 2. The Labute approximate surface area is 292 Å². The lowest BCUT2D eigenvalue weighted by molar-refractivity contribution is 0.102. The van der Waals surface area contributed by atoms with Gasteiger partial charge in [0.15, 0.2) is 0 Å². The monoisotopic (exact) mass is 698 g/mol. The molecule has 1 amide bonds. The van der Waals surface area contributed by atoms with Gasteiger partial charge >= 0.3 is 0 Å².